The molecule has 112 valence electrons. The summed E-state index contributed by atoms with van der Waals surface area (Å²) in [5.74, 6) is -1.75. The van der Waals surface area contributed by atoms with Crippen molar-refractivity contribution in [2.75, 3.05) is 11.9 Å². The Balaban J connectivity index is 2.95. The molecule has 0 aliphatic carbocycles. The molecule has 0 aliphatic rings. The lowest BCUT2D eigenvalue weighted by molar-refractivity contribution is -0.126. The third-order valence-electron chi connectivity index (χ3n) is 3.51. The highest BCUT2D eigenvalue weighted by Crippen LogP contribution is 2.31. The zero-order valence-electron chi connectivity index (χ0n) is 12.0. The number of carbonyl (C=O) groups excluding carboxylic acids is 1. The molecule has 3 N–H and O–H groups in total. The SMILES string of the molecule is CCCC(CN)(CCC)C(=O)Nc1ccc(F)cc1F. The van der Waals surface area contributed by atoms with Crippen LogP contribution in [0.3, 0.4) is 0 Å². The minimum Gasteiger partial charge on any atom is -0.329 e. The van der Waals surface area contributed by atoms with E-state index in [1.165, 1.54) is 6.07 Å². The van der Waals surface area contributed by atoms with Crippen LogP contribution in [0.5, 0.6) is 0 Å². The van der Waals surface area contributed by atoms with E-state index in [2.05, 4.69) is 5.32 Å². The fourth-order valence-corrected chi connectivity index (χ4v) is 2.45. The van der Waals surface area contributed by atoms with Crippen molar-refractivity contribution in [1.82, 2.24) is 0 Å². The van der Waals surface area contributed by atoms with E-state index in [9.17, 15) is 13.6 Å². The van der Waals surface area contributed by atoms with E-state index >= 15 is 0 Å². The molecule has 1 amide bonds. The molecular weight excluding hydrogens is 262 g/mol. The number of halogens is 2. The lowest BCUT2D eigenvalue weighted by Gasteiger charge is -2.30. The van der Waals surface area contributed by atoms with Crippen LogP contribution in [-0.4, -0.2) is 12.5 Å². The summed E-state index contributed by atoms with van der Waals surface area (Å²) in [5.41, 5.74) is 5.08. The average molecular weight is 284 g/mol. The molecule has 20 heavy (non-hydrogen) atoms. The zero-order valence-corrected chi connectivity index (χ0v) is 12.0. The number of hydrogen-bond donors (Lipinski definition) is 2. The topological polar surface area (TPSA) is 55.1 Å². The van der Waals surface area contributed by atoms with Crippen LogP contribution < -0.4 is 11.1 Å². The number of amides is 1. The number of anilines is 1. The number of benzene rings is 1. The maximum absolute atomic E-state index is 13.6. The number of hydrogen-bond acceptors (Lipinski definition) is 2. The summed E-state index contributed by atoms with van der Waals surface area (Å²) < 4.78 is 26.4. The Morgan fingerprint density at radius 2 is 1.85 bits per heavy atom. The summed E-state index contributed by atoms with van der Waals surface area (Å²) in [6, 6.07) is 3.09. The van der Waals surface area contributed by atoms with E-state index in [1.54, 1.807) is 0 Å². The first-order valence-corrected chi connectivity index (χ1v) is 6.95. The lowest BCUT2D eigenvalue weighted by atomic mass is 9.78. The number of nitrogens with one attached hydrogen (secondary N) is 1. The van der Waals surface area contributed by atoms with Crippen LogP contribution in [0.25, 0.3) is 0 Å². The highest BCUT2D eigenvalue weighted by atomic mass is 19.1. The Labute approximate surface area is 118 Å². The van der Waals surface area contributed by atoms with Gasteiger partial charge in [0.2, 0.25) is 5.91 Å². The Kier molecular flexibility index (Phi) is 6.07. The van der Waals surface area contributed by atoms with Crippen LogP contribution in [0.2, 0.25) is 0 Å². The molecular formula is C15H22F2N2O. The Bertz CT molecular complexity index is 457. The van der Waals surface area contributed by atoms with Crippen molar-refractivity contribution in [3.05, 3.63) is 29.8 Å². The van der Waals surface area contributed by atoms with Gasteiger partial charge in [-0.2, -0.15) is 0 Å². The first-order valence-electron chi connectivity index (χ1n) is 6.95. The van der Waals surface area contributed by atoms with Gasteiger partial charge in [-0.25, -0.2) is 8.78 Å². The number of rotatable bonds is 7. The fourth-order valence-electron chi connectivity index (χ4n) is 2.45. The number of carbonyl (C=O) groups is 1. The van der Waals surface area contributed by atoms with Crippen LogP contribution in [0.1, 0.15) is 39.5 Å². The van der Waals surface area contributed by atoms with Gasteiger partial charge in [-0.05, 0) is 25.0 Å². The van der Waals surface area contributed by atoms with Gasteiger partial charge in [-0.15, -0.1) is 0 Å². The normalized spacial score (nSPS) is 11.4. The summed E-state index contributed by atoms with van der Waals surface area (Å²) in [4.78, 5) is 12.4. The van der Waals surface area contributed by atoms with Gasteiger partial charge in [0, 0.05) is 12.6 Å². The minimum atomic E-state index is -0.780. The molecule has 0 saturated carbocycles. The van der Waals surface area contributed by atoms with Gasteiger partial charge in [-0.3, -0.25) is 4.79 Å². The second-order valence-electron chi connectivity index (χ2n) is 5.06. The van der Waals surface area contributed by atoms with Gasteiger partial charge in [-0.1, -0.05) is 26.7 Å². The quantitative estimate of drug-likeness (QED) is 0.805. The monoisotopic (exact) mass is 284 g/mol. The summed E-state index contributed by atoms with van der Waals surface area (Å²) in [6.07, 6.45) is 2.92. The van der Waals surface area contributed by atoms with Crippen LogP contribution in [0, 0.1) is 17.0 Å². The molecule has 0 heterocycles. The van der Waals surface area contributed by atoms with Crippen molar-refractivity contribution in [2.45, 2.75) is 39.5 Å². The van der Waals surface area contributed by atoms with Crippen molar-refractivity contribution in [1.29, 1.82) is 0 Å². The third-order valence-corrected chi connectivity index (χ3v) is 3.51. The largest absolute Gasteiger partial charge is 0.329 e. The first-order chi connectivity index (χ1) is 9.49. The molecule has 0 radical (unpaired) electrons. The van der Waals surface area contributed by atoms with Crippen molar-refractivity contribution in [2.24, 2.45) is 11.1 Å². The second-order valence-corrected chi connectivity index (χ2v) is 5.06. The molecule has 0 fully saturated rings. The third kappa shape index (κ3) is 3.76. The predicted molar refractivity (Wildman–Crippen MR) is 76.3 cm³/mol. The van der Waals surface area contributed by atoms with Gasteiger partial charge in [0.05, 0.1) is 11.1 Å². The minimum absolute atomic E-state index is 0.0126. The van der Waals surface area contributed by atoms with Gasteiger partial charge in [0.25, 0.3) is 0 Å². The van der Waals surface area contributed by atoms with Gasteiger partial charge >= 0.3 is 0 Å². The maximum atomic E-state index is 13.6. The molecule has 0 spiro atoms. The molecule has 3 nitrogen and oxygen atoms in total. The van der Waals surface area contributed by atoms with Crippen molar-refractivity contribution >= 4 is 11.6 Å². The van der Waals surface area contributed by atoms with Crippen LogP contribution in [-0.2, 0) is 4.79 Å². The van der Waals surface area contributed by atoms with E-state index in [-0.39, 0.29) is 18.1 Å². The predicted octanol–water partition coefficient (Wildman–Crippen LogP) is 3.45. The molecule has 1 rings (SSSR count). The van der Waals surface area contributed by atoms with E-state index in [0.717, 1.165) is 25.0 Å². The Hall–Kier alpha value is -1.49. The van der Waals surface area contributed by atoms with Gasteiger partial charge in [0.15, 0.2) is 0 Å². The van der Waals surface area contributed by atoms with Crippen LogP contribution >= 0.6 is 0 Å². The van der Waals surface area contributed by atoms with E-state index in [1.807, 2.05) is 13.8 Å². The average Bonchev–Trinajstić information content (AvgIpc) is 2.41. The summed E-state index contributed by atoms with van der Waals surface area (Å²) in [6.45, 7) is 4.17. The Morgan fingerprint density at radius 3 is 2.30 bits per heavy atom. The van der Waals surface area contributed by atoms with Gasteiger partial charge < -0.3 is 11.1 Å². The highest BCUT2D eigenvalue weighted by molar-refractivity contribution is 5.95. The molecule has 1 aromatic carbocycles. The zero-order chi connectivity index (χ0) is 15.2. The molecule has 0 atom stereocenters. The van der Waals surface area contributed by atoms with Gasteiger partial charge in [0.1, 0.15) is 11.6 Å². The van der Waals surface area contributed by atoms with Crippen molar-refractivity contribution < 1.29 is 13.6 Å². The maximum Gasteiger partial charge on any atom is 0.231 e. The smallest absolute Gasteiger partial charge is 0.231 e. The fraction of sp³-hybridized carbons (Fsp3) is 0.533. The Morgan fingerprint density at radius 1 is 1.25 bits per heavy atom. The molecule has 5 heteroatoms. The van der Waals surface area contributed by atoms with E-state index in [0.29, 0.717) is 12.8 Å². The summed E-state index contributed by atoms with van der Waals surface area (Å²) >= 11 is 0. The summed E-state index contributed by atoms with van der Waals surface area (Å²) in [5, 5.41) is 2.54. The van der Waals surface area contributed by atoms with E-state index < -0.39 is 17.0 Å². The molecule has 0 saturated heterocycles. The van der Waals surface area contributed by atoms with Crippen LogP contribution in [0.4, 0.5) is 14.5 Å². The molecule has 0 bridgehead atoms. The molecule has 0 unspecified atom stereocenters. The molecule has 0 aliphatic heterocycles. The van der Waals surface area contributed by atoms with Crippen molar-refractivity contribution in [3.63, 3.8) is 0 Å². The first kappa shape index (κ1) is 16.6. The summed E-state index contributed by atoms with van der Waals surface area (Å²) in [7, 11) is 0. The van der Waals surface area contributed by atoms with E-state index in [4.69, 9.17) is 5.73 Å². The molecule has 0 aromatic heterocycles. The second kappa shape index (κ2) is 7.33. The standard InChI is InChI=1S/C15H22F2N2O/c1-3-7-15(10-18,8-4-2)14(20)19-13-6-5-11(16)9-12(13)17/h5-6,9H,3-4,7-8,10,18H2,1-2H3,(H,19,20). The number of nitrogens with two attached hydrogens (primary N) is 1. The van der Waals surface area contributed by atoms with Crippen molar-refractivity contribution in [3.8, 4) is 0 Å². The molecule has 1 aromatic rings. The lowest BCUT2D eigenvalue weighted by Crippen LogP contribution is -2.42. The van der Waals surface area contributed by atoms with Crippen LogP contribution in [0.15, 0.2) is 18.2 Å². The highest BCUT2D eigenvalue weighted by Gasteiger charge is 2.35.